The molecule has 1 rings (SSSR count). The van der Waals surface area contributed by atoms with Crippen molar-refractivity contribution in [2.45, 2.75) is 125 Å². The lowest BCUT2D eigenvalue weighted by Crippen LogP contribution is -2.40. The number of esters is 2. The number of ether oxygens (including phenoxy) is 3. The topological polar surface area (TPSA) is 113 Å². The minimum Gasteiger partial charge on any atom is -0.422 e. The first-order valence-corrected chi connectivity index (χ1v) is 15.2. The normalized spacial score (nSPS) is 16.8. The predicted octanol–water partition coefficient (Wildman–Crippen LogP) is 7.32. The van der Waals surface area contributed by atoms with Crippen LogP contribution in [0.25, 0.3) is 0 Å². The van der Waals surface area contributed by atoms with Crippen LogP contribution in [0.5, 0.6) is 0 Å². The Kier molecular flexibility index (Phi) is 17.7. The molecule has 3 atom stereocenters. The highest BCUT2D eigenvalue weighted by Gasteiger charge is 2.36. The van der Waals surface area contributed by atoms with Crippen LogP contribution in [0.2, 0.25) is 0 Å². The van der Waals surface area contributed by atoms with Gasteiger partial charge >= 0.3 is 11.9 Å². The van der Waals surface area contributed by atoms with Crippen LogP contribution >= 0.6 is 0 Å². The SMILES string of the molecule is CCCCC(CC)COCCCN1C(C)=C(OC(=O)CC#N)C(OC(=O)CC#N)=C(CC(CC)CCCC)C1C. The number of carbonyl (C=O) groups excluding carboxylic acids is 2. The van der Waals surface area contributed by atoms with Crippen molar-refractivity contribution in [2.24, 2.45) is 11.8 Å². The fraction of sp³-hybridized carbons (Fsp3) is 0.750. The van der Waals surface area contributed by atoms with Crippen LogP contribution in [0.15, 0.2) is 22.8 Å². The number of allylic oxidation sites excluding steroid dienone is 1. The molecule has 0 fully saturated rings. The summed E-state index contributed by atoms with van der Waals surface area (Å²) in [6.07, 6.45) is 9.55. The lowest BCUT2D eigenvalue weighted by atomic mass is 9.86. The lowest BCUT2D eigenvalue weighted by Gasteiger charge is -2.40. The maximum absolute atomic E-state index is 12.5. The van der Waals surface area contributed by atoms with Gasteiger partial charge in [0, 0.05) is 19.8 Å². The lowest BCUT2D eigenvalue weighted by molar-refractivity contribution is -0.143. The van der Waals surface area contributed by atoms with Crippen molar-refractivity contribution in [2.75, 3.05) is 19.8 Å². The Balaban J connectivity index is 3.28. The maximum atomic E-state index is 12.5. The monoisotopic (exact) mass is 557 g/mol. The van der Waals surface area contributed by atoms with Crippen LogP contribution < -0.4 is 0 Å². The van der Waals surface area contributed by atoms with Crippen LogP contribution in [-0.4, -0.2) is 42.6 Å². The van der Waals surface area contributed by atoms with E-state index in [1.54, 1.807) is 0 Å². The molecule has 0 saturated heterocycles. The van der Waals surface area contributed by atoms with E-state index in [4.69, 9.17) is 24.7 Å². The van der Waals surface area contributed by atoms with Crippen LogP contribution in [0, 0.1) is 34.5 Å². The largest absolute Gasteiger partial charge is 0.422 e. The molecule has 3 unspecified atom stereocenters. The molecule has 1 heterocycles. The molecule has 0 aliphatic carbocycles. The van der Waals surface area contributed by atoms with E-state index in [-0.39, 0.29) is 17.6 Å². The van der Waals surface area contributed by atoms with E-state index in [1.165, 1.54) is 19.3 Å². The van der Waals surface area contributed by atoms with Gasteiger partial charge in [-0.15, -0.1) is 0 Å². The number of carbonyl (C=O) groups is 2. The number of nitrogens with zero attached hydrogens (tertiary/aromatic N) is 3. The first kappa shape index (κ1) is 35.2. The smallest absolute Gasteiger partial charge is 0.325 e. The predicted molar refractivity (Wildman–Crippen MR) is 155 cm³/mol. The van der Waals surface area contributed by atoms with Gasteiger partial charge in [-0.05, 0) is 50.5 Å². The first-order valence-electron chi connectivity index (χ1n) is 15.2. The fourth-order valence-corrected chi connectivity index (χ4v) is 5.13. The molecular weight excluding hydrogens is 506 g/mol. The summed E-state index contributed by atoms with van der Waals surface area (Å²) in [5.41, 5.74) is 1.55. The molecule has 8 heteroatoms. The summed E-state index contributed by atoms with van der Waals surface area (Å²) in [6, 6.07) is 3.55. The number of hydrogen-bond acceptors (Lipinski definition) is 8. The highest BCUT2D eigenvalue weighted by molar-refractivity contribution is 5.76. The van der Waals surface area contributed by atoms with Crippen LogP contribution in [-0.2, 0) is 23.8 Å². The summed E-state index contributed by atoms with van der Waals surface area (Å²) >= 11 is 0. The maximum Gasteiger partial charge on any atom is 0.325 e. The number of nitriles is 2. The Morgan fingerprint density at radius 3 is 1.95 bits per heavy atom. The van der Waals surface area contributed by atoms with Crippen molar-refractivity contribution in [3.8, 4) is 12.1 Å². The zero-order chi connectivity index (χ0) is 29.9. The number of unbranched alkanes of at least 4 members (excludes halogenated alkanes) is 2. The zero-order valence-corrected chi connectivity index (χ0v) is 25.7. The van der Waals surface area contributed by atoms with Crippen molar-refractivity contribution < 1.29 is 23.8 Å². The Morgan fingerprint density at radius 1 is 0.875 bits per heavy atom. The highest BCUT2D eigenvalue weighted by Crippen LogP contribution is 2.38. The third-order valence-corrected chi connectivity index (χ3v) is 7.74. The van der Waals surface area contributed by atoms with E-state index in [0.717, 1.165) is 50.7 Å². The molecule has 40 heavy (non-hydrogen) atoms. The second-order valence-electron chi connectivity index (χ2n) is 10.7. The Bertz CT molecular complexity index is 943. The molecule has 1 aliphatic rings. The van der Waals surface area contributed by atoms with Gasteiger partial charge in [0.05, 0.1) is 23.9 Å². The zero-order valence-electron chi connectivity index (χ0n) is 25.7. The molecule has 224 valence electrons. The fourth-order valence-electron chi connectivity index (χ4n) is 5.13. The van der Waals surface area contributed by atoms with E-state index < -0.39 is 24.8 Å². The van der Waals surface area contributed by atoms with Gasteiger partial charge in [-0.3, -0.25) is 9.59 Å². The van der Waals surface area contributed by atoms with E-state index in [2.05, 4.69) is 39.5 Å². The van der Waals surface area contributed by atoms with Crippen LogP contribution in [0.1, 0.15) is 119 Å². The Morgan fingerprint density at radius 2 is 1.43 bits per heavy atom. The molecule has 0 N–H and O–H groups in total. The summed E-state index contributed by atoms with van der Waals surface area (Å²) in [5.74, 6) is -0.0663. The summed E-state index contributed by atoms with van der Waals surface area (Å²) in [4.78, 5) is 27.1. The van der Waals surface area contributed by atoms with E-state index in [1.807, 2.05) is 19.1 Å². The average Bonchev–Trinajstić information content (AvgIpc) is 2.93. The molecule has 0 aromatic rings. The van der Waals surface area contributed by atoms with Crippen molar-refractivity contribution in [3.63, 3.8) is 0 Å². The molecule has 0 bridgehead atoms. The molecule has 0 amide bonds. The summed E-state index contributed by atoms with van der Waals surface area (Å²) in [5, 5.41) is 18.1. The second-order valence-corrected chi connectivity index (χ2v) is 10.7. The minimum absolute atomic E-state index is 0.105. The van der Waals surface area contributed by atoms with Gasteiger partial charge in [-0.2, -0.15) is 10.5 Å². The summed E-state index contributed by atoms with van der Waals surface area (Å²) in [7, 11) is 0. The average molecular weight is 558 g/mol. The molecular formula is C32H51N3O5. The quantitative estimate of drug-likeness (QED) is 0.113. The number of hydrogen-bond donors (Lipinski definition) is 0. The van der Waals surface area contributed by atoms with Gasteiger partial charge < -0.3 is 19.1 Å². The van der Waals surface area contributed by atoms with Crippen molar-refractivity contribution in [1.29, 1.82) is 10.5 Å². The van der Waals surface area contributed by atoms with Crippen molar-refractivity contribution in [3.05, 3.63) is 22.8 Å². The summed E-state index contributed by atoms with van der Waals surface area (Å²) in [6.45, 7) is 14.7. The Hall–Kier alpha value is -2.84. The van der Waals surface area contributed by atoms with E-state index in [0.29, 0.717) is 37.1 Å². The summed E-state index contributed by atoms with van der Waals surface area (Å²) < 4.78 is 17.5. The van der Waals surface area contributed by atoms with Gasteiger partial charge in [-0.25, -0.2) is 0 Å². The molecule has 0 radical (unpaired) electrons. The van der Waals surface area contributed by atoms with Gasteiger partial charge in [0.1, 0.15) is 12.8 Å². The standard InChI is InChI=1S/C32H51N3O5/c1-7-11-14-26(9-3)22-28-24(5)35(20-13-21-38-23-27(10-4)15-12-8-2)25(6)31(39-29(36)16-18-33)32(28)40-30(37)17-19-34/h24,26-27H,7-17,20-23H2,1-6H3. The minimum atomic E-state index is -0.710. The second kappa shape index (κ2) is 20.1. The molecule has 0 aromatic heterocycles. The van der Waals surface area contributed by atoms with Gasteiger partial charge in [-0.1, -0.05) is 72.6 Å². The van der Waals surface area contributed by atoms with Gasteiger partial charge in [0.15, 0.2) is 11.5 Å². The molecule has 0 aromatic carbocycles. The Labute approximate surface area is 242 Å². The molecule has 1 aliphatic heterocycles. The first-order chi connectivity index (χ1) is 19.3. The van der Waals surface area contributed by atoms with Gasteiger partial charge in [0.25, 0.3) is 0 Å². The van der Waals surface area contributed by atoms with E-state index >= 15 is 0 Å². The van der Waals surface area contributed by atoms with Crippen LogP contribution in [0.3, 0.4) is 0 Å². The van der Waals surface area contributed by atoms with Crippen LogP contribution in [0.4, 0.5) is 0 Å². The van der Waals surface area contributed by atoms with Gasteiger partial charge in [0.2, 0.25) is 0 Å². The third-order valence-electron chi connectivity index (χ3n) is 7.74. The molecule has 0 spiro atoms. The van der Waals surface area contributed by atoms with Crippen molar-refractivity contribution >= 4 is 11.9 Å². The number of rotatable bonds is 20. The molecule has 0 saturated carbocycles. The molecule has 8 nitrogen and oxygen atoms in total. The van der Waals surface area contributed by atoms with E-state index in [9.17, 15) is 9.59 Å². The van der Waals surface area contributed by atoms with Crippen molar-refractivity contribution in [1.82, 2.24) is 4.90 Å². The highest BCUT2D eigenvalue weighted by atomic mass is 16.6. The third kappa shape index (κ3) is 11.7.